The molecule has 0 bridgehead atoms. The van der Waals surface area contributed by atoms with Crippen molar-refractivity contribution in [3.8, 4) is 0 Å². The zero-order valence-electron chi connectivity index (χ0n) is 14.1. The number of fused-ring (bicyclic) bond motifs is 3. The van der Waals surface area contributed by atoms with Gasteiger partial charge < -0.3 is 10.6 Å². The molecule has 2 atom stereocenters. The molecule has 1 saturated carbocycles. The van der Waals surface area contributed by atoms with E-state index in [4.69, 9.17) is 5.73 Å². The van der Waals surface area contributed by atoms with Crippen molar-refractivity contribution in [3.05, 3.63) is 50.9 Å². The molecule has 0 amide bonds. The van der Waals surface area contributed by atoms with E-state index < -0.39 is 0 Å². The van der Waals surface area contributed by atoms with Crippen LogP contribution in [0.25, 0.3) is 0 Å². The van der Waals surface area contributed by atoms with Gasteiger partial charge in [-0.1, -0.05) is 38.0 Å². The van der Waals surface area contributed by atoms with E-state index in [1.165, 1.54) is 42.6 Å². The Morgan fingerprint density at radius 2 is 1.62 bits per heavy atom. The van der Waals surface area contributed by atoms with Gasteiger partial charge in [0.05, 0.1) is 11.2 Å². The van der Waals surface area contributed by atoms with E-state index in [2.05, 4.69) is 87.0 Å². The van der Waals surface area contributed by atoms with Gasteiger partial charge in [0.25, 0.3) is 0 Å². The number of nitrogens with zero attached hydrogens (tertiary/aromatic N) is 1. The monoisotopic (exact) mass is 448 g/mol. The van der Waals surface area contributed by atoms with Crippen LogP contribution in [0.5, 0.6) is 0 Å². The van der Waals surface area contributed by atoms with Crippen LogP contribution in [0.15, 0.2) is 45.3 Å². The number of hydrogen-bond acceptors (Lipinski definition) is 2. The maximum Gasteiger partial charge on any atom is 0.0604 e. The largest absolute Gasteiger partial charge is 0.397 e. The third-order valence-corrected chi connectivity index (χ3v) is 7.65. The molecule has 0 saturated heterocycles. The maximum atomic E-state index is 6.12. The number of anilines is 3. The summed E-state index contributed by atoms with van der Waals surface area (Å²) in [4.78, 5) is 2.55. The van der Waals surface area contributed by atoms with Crippen molar-refractivity contribution in [1.29, 1.82) is 0 Å². The highest BCUT2D eigenvalue weighted by molar-refractivity contribution is 9.11. The number of para-hydroxylation sites is 1. The first-order valence-electron chi connectivity index (χ1n) is 8.53. The summed E-state index contributed by atoms with van der Waals surface area (Å²) < 4.78 is 1.88. The summed E-state index contributed by atoms with van der Waals surface area (Å²) in [6, 6.07) is 13.2. The van der Waals surface area contributed by atoms with Crippen LogP contribution >= 0.6 is 31.9 Å². The fourth-order valence-electron chi connectivity index (χ4n) is 4.80. The van der Waals surface area contributed by atoms with Gasteiger partial charge in [-0.15, -0.1) is 0 Å². The number of rotatable bonds is 1. The van der Waals surface area contributed by atoms with Crippen LogP contribution < -0.4 is 10.6 Å². The third kappa shape index (κ3) is 2.05. The summed E-state index contributed by atoms with van der Waals surface area (Å²) >= 11 is 7.24. The van der Waals surface area contributed by atoms with Crippen molar-refractivity contribution in [2.75, 3.05) is 10.6 Å². The van der Waals surface area contributed by atoms with Crippen molar-refractivity contribution in [2.24, 2.45) is 0 Å². The summed E-state index contributed by atoms with van der Waals surface area (Å²) in [5.74, 6) is 0. The molecule has 1 aliphatic carbocycles. The van der Waals surface area contributed by atoms with Crippen LogP contribution in [0.2, 0.25) is 0 Å². The van der Waals surface area contributed by atoms with Gasteiger partial charge >= 0.3 is 0 Å². The fraction of sp³-hybridized carbons (Fsp3) is 0.400. The predicted molar refractivity (Wildman–Crippen MR) is 109 cm³/mol. The molecule has 4 heteroatoms. The highest BCUT2D eigenvalue weighted by Crippen LogP contribution is 2.60. The van der Waals surface area contributed by atoms with Crippen LogP contribution in [-0.2, 0) is 5.41 Å². The SMILES string of the molecule is CC12CCCCC1(C)N(c1cc(Br)c(N)c(Br)c1)c1ccccc12. The summed E-state index contributed by atoms with van der Waals surface area (Å²) in [5, 5.41) is 0. The highest BCUT2D eigenvalue weighted by atomic mass is 79.9. The molecule has 2 unspecified atom stereocenters. The third-order valence-electron chi connectivity index (χ3n) is 6.33. The standard InChI is InChI=1S/C20H22Br2N2/c1-19-9-5-6-10-20(19,2)24(17-8-4-3-7-14(17)19)13-11-15(21)18(23)16(22)12-13/h3-4,7-8,11-12H,5-6,9-10,23H2,1-2H3. The normalized spacial score (nSPS) is 28.6. The van der Waals surface area contributed by atoms with Gasteiger partial charge in [-0.25, -0.2) is 0 Å². The second-order valence-corrected chi connectivity index (χ2v) is 9.20. The van der Waals surface area contributed by atoms with Gasteiger partial charge in [0.15, 0.2) is 0 Å². The molecule has 0 spiro atoms. The number of hydrogen-bond donors (Lipinski definition) is 1. The topological polar surface area (TPSA) is 29.3 Å². The van der Waals surface area contributed by atoms with E-state index in [0.29, 0.717) is 0 Å². The summed E-state index contributed by atoms with van der Waals surface area (Å²) in [7, 11) is 0. The first-order valence-corrected chi connectivity index (χ1v) is 10.1. The smallest absolute Gasteiger partial charge is 0.0604 e. The minimum absolute atomic E-state index is 0.0872. The van der Waals surface area contributed by atoms with Crippen molar-refractivity contribution in [2.45, 2.75) is 50.5 Å². The molecule has 126 valence electrons. The van der Waals surface area contributed by atoms with Gasteiger partial charge in [0, 0.05) is 25.7 Å². The molecule has 2 nitrogen and oxygen atoms in total. The number of nitrogen functional groups attached to an aromatic ring is 1. The van der Waals surface area contributed by atoms with E-state index in [0.717, 1.165) is 14.6 Å². The molecular formula is C20H22Br2N2. The van der Waals surface area contributed by atoms with Crippen LogP contribution in [-0.4, -0.2) is 5.54 Å². The zero-order valence-corrected chi connectivity index (χ0v) is 17.2. The maximum absolute atomic E-state index is 6.12. The van der Waals surface area contributed by atoms with E-state index in [1.807, 2.05) is 0 Å². The van der Waals surface area contributed by atoms with Gasteiger partial charge in [-0.3, -0.25) is 0 Å². The molecule has 4 rings (SSSR count). The van der Waals surface area contributed by atoms with Crippen LogP contribution in [0, 0.1) is 0 Å². The van der Waals surface area contributed by atoms with Crippen molar-refractivity contribution >= 4 is 48.9 Å². The van der Waals surface area contributed by atoms with Crippen LogP contribution in [0.4, 0.5) is 17.1 Å². The average Bonchev–Trinajstić information content (AvgIpc) is 2.77. The Labute approximate surface area is 160 Å². The molecule has 2 aromatic rings. The highest BCUT2D eigenvalue weighted by Gasteiger charge is 2.57. The Hall–Kier alpha value is -1.00. The van der Waals surface area contributed by atoms with Crippen molar-refractivity contribution in [3.63, 3.8) is 0 Å². The van der Waals surface area contributed by atoms with Crippen molar-refractivity contribution < 1.29 is 0 Å². The van der Waals surface area contributed by atoms with Gasteiger partial charge in [0.2, 0.25) is 0 Å². The predicted octanol–water partition coefficient (Wildman–Crippen LogP) is 6.54. The Balaban J connectivity index is 1.98. The first kappa shape index (κ1) is 16.5. The molecule has 0 radical (unpaired) electrons. The molecular weight excluding hydrogens is 428 g/mol. The van der Waals surface area contributed by atoms with Crippen LogP contribution in [0.3, 0.4) is 0 Å². The zero-order chi connectivity index (χ0) is 17.1. The summed E-state index contributed by atoms with van der Waals surface area (Å²) in [5.41, 5.74) is 11.2. The molecule has 1 aliphatic heterocycles. The van der Waals surface area contributed by atoms with Gasteiger partial charge in [-0.05, 0) is 75.4 Å². The lowest BCUT2D eigenvalue weighted by atomic mass is 9.61. The first-order chi connectivity index (χ1) is 11.4. The Kier molecular flexibility index (Phi) is 3.77. The minimum atomic E-state index is 0.0872. The number of halogens is 2. The Bertz CT molecular complexity index is 796. The Morgan fingerprint density at radius 1 is 1.00 bits per heavy atom. The number of nitrogens with two attached hydrogens (primary N) is 1. The lowest BCUT2D eigenvalue weighted by molar-refractivity contribution is 0.195. The number of benzene rings is 2. The molecule has 0 aromatic heterocycles. The fourth-order valence-corrected chi connectivity index (χ4v) is 5.96. The molecule has 2 aliphatic rings. The summed E-state index contributed by atoms with van der Waals surface area (Å²) in [6.07, 6.45) is 5.05. The van der Waals surface area contributed by atoms with Gasteiger partial charge in [-0.2, -0.15) is 0 Å². The lowest BCUT2D eigenvalue weighted by Gasteiger charge is -2.50. The average molecular weight is 450 g/mol. The van der Waals surface area contributed by atoms with Crippen LogP contribution in [0.1, 0.15) is 45.1 Å². The Morgan fingerprint density at radius 3 is 2.33 bits per heavy atom. The quantitative estimate of drug-likeness (QED) is 0.501. The second-order valence-electron chi connectivity index (χ2n) is 7.49. The van der Waals surface area contributed by atoms with E-state index in [1.54, 1.807) is 0 Å². The minimum Gasteiger partial charge on any atom is -0.397 e. The second kappa shape index (κ2) is 5.50. The van der Waals surface area contributed by atoms with Gasteiger partial charge in [0.1, 0.15) is 0 Å². The molecule has 24 heavy (non-hydrogen) atoms. The molecule has 1 heterocycles. The molecule has 2 aromatic carbocycles. The summed E-state index contributed by atoms with van der Waals surface area (Å²) in [6.45, 7) is 4.89. The van der Waals surface area contributed by atoms with E-state index >= 15 is 0 Å². The molecule has 1 fully saturated rings. The van der Waals surface area contributed by atoms with Crippen molar-refractivity contribution in [1.82, 2.24) is 0 Å². The van der Waals surface area contributed by atoms with E-state index in [9.17, 15) is 0 Å². The van der Waals surface area contributed by atoms with E-state index in [-0.39, 0.29) is 11.0 Å². The lowest BCUT2D eigenvalue weighted by Crippen LogP contribution is -2.54. The molecule has 2 N–H and O–H groups in total.